The minimum atomic E-state index is -0.724. The Bertz CT molecular complexity index is 647. The molecule has 0 spiro atoms. The SMILES string of the molecule is CNC(=O)NC(=O)COC(=O)[C@H]1CC(=O)N(CCc2ccccc2)C1. The maximum absolute atomic E-state index is 12.0. The van der Waals surface area contributed by atoms with E-state index >= 15 is 0 Å². The molecular weight excluding hydrogens is 326 g/mol. The summed E-state index contributed by atoms with van der Waals surface area (Å²) in [6.45, 7) is 0.256. The van der Waals surface area contributed by atoms with E-state index in [2.05, 4.69) is 5.32 Å². The number of carbonyl (C=O) groups excluding carboxylic acids is 4. The number of amides is 4. The van der Waals surface area contributed by atoms with Crippen LogP contribution in [-0.4, -0.2) is 55.5 Å². The van der Waals surface area contributed by atoms with Crippen LogP contribution < -0.4 is 10.6 Å². The van der Waals surface area contributed by atoms with Crippen molar-refractivity contribution in [2.75, 3.05) is 26.7 Å². The molecule has 8 heteroatoms. The van der Waals surface area contributed by atoms with Crippen LogP contribution in [0, 0.1) is 5.92 Å². The van der Waals surface area contributed by atoms with Gasteiger partial charge < -0.3 is 15.0 Å². The van der Waals surface area contributed by atoms with Gasteiger partial charge in [-0.2, -0.15) is 0 Å². The van der Waals surface area contributed by atoms with E-state index in [9.17, 15) is 19.2 Å². The van der Waals surface area contributed by atoms with Gasteiger partial charge in [0.15, 0.2) is 6.61 Å². The summed E-state index contributed by atoms with van der Waals surface area (Å²) < 4.78 is 4.88. The molecule has 0 aromatic heterocycles. The number of likely N-dealkylation sites (tertiary alicyclic amines) is 1. The molecule has 0 bridgehead atoms. The first-order valence-corrected chi connectivity index (χ1v) is 7.99. The van der Waals surface area contributed by atoms with Gasteiger partial charge in [0.25, 0.3) is 5.91 Å². The second-order valence-corrected chi connectivity index (χ2v) is 5.71. The van der Waals surface area contributed by atoms with Gasteiger partial charge in [0.1, 0.15) is 0 Å². The van der Waals surface area contributed by atoms with Gasteiger partial charge in [-0.05, 0) is 12.0 Å². The van der Waals surface area contributed by atoms with Crippen LogP contribution in [0.15, 0.2) is 30.3 Å². The van der Waals surface area contributed by atoms with E-state index in [-0.39, 0.29) is 18.9 Å². The number of nitrogens with one attached hydrogen (secondary N) is 2. The molecule has 134 valence electrons. The second-order valence-electron chi connectivity index (χ2n) is 5.71. The lowest BCUT2D eigenvalue weighted by Gasteiger charge is -2.16. The standard InChI is InChI=1S/C17H21N3O5/c1-18-17(24)19-14(21)11-25-16(23)13-9-15(22)20(10-13)8-7-12-5-3-2-4-6-12/h2-6,13H,7-11H2,1H3,(H2,18,19,21,24)/t13-/m0/s1. The van der Waals surface area contributed by atoms with Gasteiger partial charge in [-0.15, -0.1) is 0 Å². The zero-order chi connectivity index (χ0) is 18.2. The number of hydrogen-bond acceptors (Lipinski definition) is 5. The summed E-state index contributed by atoms with van der Waals surface area (Å²) in [5, 5.41) is 4.20. The van der Waals surface area contributed by atoms with Crippen molar-refractivity contribution in [3.05, 3.63) is 35.9 Å². The second kappa shape index (κ2) is 8.81. The van der Waals surface area contributed by atoms with Crippen molar-refractivity contribution in [2.45, 2.75) is 12.8 Å². The average molecular weight is 347 g/mol. The average Bonchev–Trinajstić information content (AvgIpc) is 2.99. The minimum absolute atomic E-state index is 0.0741. The van der Waals surface area contributed by atoms with Crippen LogP contribution in [0.3, 0.4) is 0 Å². The highest BCUT2D eigenvalue weighted by Crippen LogP contribution is 2.19. The summed E-state index contributed by atoms with van der Waals surface area (Å²) in [7, 11) is 1.36. The Morgan fingerprint density at radius 1 is 1.24 bits per heavy atom. The Morgan fingerprint density at radius 3 is 2.64 bits per heavy atom. The molecule has 0 saturated carbocycles. The number of urea groups is 1. The van der Waals surface area contributed by atoms with E-state index in [1.165, 1.54) is 7.05 Å². The minimum Gasteiger partial charge on any atom is -0.455 e. The lowest BCUT2D eigenvalue weighted by molar-refractivity contribution is -0.152. The molecule has 1 aromatic carbocycles. The van der Waals surface area contributed by atoms with Gasteiger partial charge in [-0.25, -0.2) is 4.79 Å². The summed E-state index contributed by atoms with van der Waals surface area (Å²) >= 11 is 0. The van der Waals surface area contributed by atoms with Crippen LogP contribution in [0.25, 0.3) is 0 Å². The molecule has 1 aliphatic heterocycles. The van der Waals surface area contributed by atoms with Crippen molar-refractivity contribution in [3.63, 3.8) is 0 Å². The third-order valence-electron chi connectivity index (χ3n) is 3.89. The first-order valence-electron chi connectivity index (χ1n) is 7.99. The Kier molecular flexibility index (Phi) is 6.50. The molecule has 1 saturated heterocycles. The molecule has 1 heterocycles. The third-order valence-corrected chi connectivity index (χ3v) is 3.89. The topological polar surface area (TPSA) is 105 Å². The number of hydrogen-bond donors (Lipinski definition) is 2. The number of rotatable bonds is 6. The van der Waals surface area contributed by atoms with Crippen molar-refractivity contribution in [1.82, 2.24) is 15.5 Å². The molecule has 1 atom stereocenters. The van der Waals surface area contributed by atoms with Crippen LogP contribution in [0.4, 0.5) is 4.79 Å². The molecule has 0 aliphatic carbocycles. The molecule has 25 heavy (non-hydrogen) atoms. The Hall–Kier alpha value is -2.90. The Labute approximate surface area is 145 Å². The quantitative estimate of drug-likeness (QED) is 0.709. The highest BCUT2D eigenvalue weighted by Gasteiger charge is 2.35. The van der Waals surface area contributed by atoms with Crippen LogP contribution in [0.2, 0.25) is 0 Å². The van der Waals surface area contributed by atoms with Crippen molar-refractivity contribution in [2.24, 2.45) is 5.92 Å². The van der Waals surface area contributed by atoms with E-state index in [0.29, 0.717) is 13.0 Å². The molecule has 1 aromatic rings. The largest absolute Gasteiger partial charge is 0.455 e. The Morgan fingerprint density at radius 2 is 1.96 bits per heavy atom. The fraction of sp³-hybridized carbons (Fsp3) is 0.412. The summed E-state index contributed by atoms with van der Waals surface area (Å²) in [6.07, 6.45) is 0.785. The van der Waals surface area contributed by atoms with Gasteiger partial charge in [-0.3, -0.25) is 19.7 Å². The van der Waals surface area contributed by atoms with E-state index in [1.807, 2.05) is 35.6 Å². The van der Waals surface area contributed by atoms with E-state index in [0.717, 1.165) is 5.56 Å². The molecular formula is C17H21N3O5. The van der Waals surface area contributed by atoms with Crippen LogP contribution in [0.5, 0.6) is 0 Å². The normalized spacial score (nSPS) is 16.4. The van der Waals surface area contributed by atoms with Gasteiger partial charge in [0.05, 0.1) is 5.92 Å². The predicted molar refractivity (Wildman–Crippen MR) is 88.4 cm³/mol. The van der Waals surface area contributed by atoms with Crippen molar-refractivity contribution < 1.29 is 23.9 Å². The molecule has 2 rings (SSSR count). The van der Waals surface area contributed by atoms with Crippen LogP contribution in [0.1, 0.15) is 12.0 Å². The molecule has 1 aliphatic rings. The highest BCUT2D eigenvalue weighted by molar-refractivity contribution is 5.95. The summed E-state index contributed by atoms with van der Waals surface area (Å²) in [6, 6.07) is 9.09. The maximum atomic E-state index is 12.0. The van der Waals surface area contributed by atoms with E-state index in [4.69, 9.17) is 4.74 Å². The van der Waals surface area contributed by atoms with Crippen molar-refractivity contribution in [1.29, 1.82) is 0 Å². The van der Waals surface area contributed by atoms with Crippen molar-refractivity contribution >= 4 is 23.8 Å². The number of imide groups is 1. The molecule has 4 amide bonds. The van der Waals surface area contributed by atoms with Crippen molar-refractivity contribution in [3.8, 4) is 0 Å². The molecule has 8 nitrogen and oxygen atoms in total. The fourth-order valence-corrected chi connectivity index (χ4v) is 2.53. The van der Waals surface area contributed by atoms with E-state index < -0.39 is 30.4 Å². The van der Waals surface area contributed by atoms with Crippen LogP contribution >= 0.6 is 0 Å². The van der Waals surface area contributed by atoms with Gasteiger partial charge in [0, 0.05) is 26.6 Å². The van der Waals surface area contributed by atoms with E-state index in [1.54, 1.807) is 4.90 Å². The predicted octanol–water partition coefficient (Wildman–Crippen LogP) is 0.0764. The summed E-state index contributed by atoms with van der Waals surface area (Å²) in [5.41, 5.74) is 1.12. The van der Waals surface area contributed by atoms with Gasteiger partial charge >= 0.3 is 12.0 Å². The van der Waals surface area contributed by atoms with Crippen LogP contribution in [-0.2, 0) is 25.5 Å². The zero-order valence-corrected chi connectivity index (χ0v) is 14.0. The number of esters is 1. The zero-order valence-electron chi connectivity index (χ0n) is 14.0. The first kappa shape index (κ1) is 18.4. The summed E-state index contributed by atoms with van der Waals surface area (Å²) in [4.78, 5) is 48.0. The maximum Gasteiger partial charge on any atom is 0.321 e. The Balaban J connectivity index is 1.76. The highest BCUT2D eigenvalue weighted by atomic mass is 16.5. The fourth-order valence-electron chi connectivity index (χ4n) is 2.53. The summed E-state index contributed by atoms with van der Waals surface area (Å²) in [5.74, 6) is -2.02. The molecule has 2 N–H and O–H groups in total. The first-order chi connectivity index (χ1) is 12.0. The lowest BCUT2D eigenvalue weighted by atomic mass is 10.1. The number of ether oxygens (including phenoxy) is 1. The molecule has 0 unspecified atom stereocenters. The molecule has 0 radical (unpaired) electrons. The lowest BCUT2D eigenvalue weighted by Crippen LogP contribution is -2.40. The smallest absolute Gasteiger partial charge is 0.321 e. The van der Waals surface area contributed by atoms with Gasteiger partial charge in [0.2, 0.25) is 5.91 Å². The number of nitrogens with zero attached hydrogens (tertiary/aromatic N) is 1. The third kappa shape index (κ3) is 5.59. The number of carbonyl (C=O) groups is 4. The monoisotopic (exact) mass is 347 g/mol. The molecule has 1 fully saturated rings. The number of benzene rings is 1. The van der Waals surface area contributed by atoms with Gasteiger partial charge in [-0.1, -0.05) is 30.3 Å².